The van der Waals surface area contributed by atoms with Gasteiger partial charge in [0.05, 0.1) is 5.70 Å². The van der Waals surface area contributed by atoms with Crippen LogP contribution in [0.1, 0.15) is 28.8 Å². The number of ether oxygens (including phenoxy) is 1. The standard InChI is InChI=1S/C26H22ClN5O/c1-31(2)19-13-9-17(10-14-19)25-22-23(20-5-3-4-6-21(20)33-25)30-26-28-15-29-32(26)24(22)16-7-11-18(27)12-8-16/h3-15,24-25H,1-2H3,(H,28,29,30)/t24-,25-/m1/s1. The Labute approximate surface area is 197 Å². The summed E-state index contributed by atoms with van der Waals surface area (Å²) in [5.41, 5.74) is 6.40. The predicted molar refractivity (Wildman–Crippen MR) is 131 cm³/mol. The number of hydrogen-bond acceptors (Lipinski definition) is 5. The average molecular weight is 456 g/mol. The van der Waals surface area contributed by atoms with Crippen LogP contribution in [-0.2, 0) is 0 Å². The maximum absolute atomic E-state index is 6.66. The zero-order valence-electron chi connectivity index (χ0n) is 18.2. The minimum absolute atomic E-state index is 0.192. The van der Waals surface area contributed by atoms with Crippen molar-refractivity contribution in [3.8, 4) is 5.75 Å². The van der Waals surface area contributed by atoms with E-state index in [9.17, 15) is 0 Å². The molecule has 33 heavy (non-hydrogen) atoms. The first kappa shape index (κ1) is 19.9. The summed E-state index contributed by atoms with van der Waals surface area (Å²) in [4.78, 5) is 6.57. The summed E-state index contributed by atoms with van der Waals surface area (Å²) in [6, 6.07) is 24.3. The second-order valence-electron chi connectivity index (χ2n) is 8.42. The highest BCUT2D eigenvalue weighted by atomic mass is 35.5. The molecule has 0 radical (unpaired) electrons. The van der Waals surface area contributed by atoms with Gasteiger partial charge in [0.1, 0.15) is 24.2 Å². The van der Waals surface area contributed by atoms with Crippen LogP contribution in [0.4, 0.5) is 11.6 Å². The summed E-state index contributed by atoms with van der Waals surface area (Å²) in [7, 11) is 4.08. The summed E-state index contributed by atoms with van der Waals surface area (Å²) >= 11 is 6.21. The van der Waals surface area contributed by atoms with Crippen LogP contribution in [0.25, 0.3) is 5.70 Å². The molecule has 6 nitrogen and oxygen atoms in total. The molecule has 6 rings (SSSR count). The molecule has 0 saturated heterocycles. The fourth-order valence-electron chi connectivity index (χ4n) is 4.61. The van der Waals surface area contributed by atoms with Gasteiger partial charge in [-0.2, -0.15) is 10.1 Å². The fraction of sp³-hybridized carbons (Fsp3) is 0.154. The van der Waals surface area contributed by atoms with E-state index in [0.717, 1.165) is 39.4 Å². The van der Waals surface area contributed by atoms with Gasteiger partial charge in [-0.1, -0.05) is 48.0 Å². The lowest BCUT2D eigenvalue weighted by atomic mass is 9.84. The highest BCUT2D eigenvalue weighted by molar-refractivity contribution is 6.30. The number of aromatic nitrogens is 3. The third-order valence-electron chi connectivity index (χ3n) is 6.22. The maximum atomic E-state index is 6.66. The van der Waals surface area contributed by atoms with Crippen LogP contribution in [0, 0.1) is 0 Å². The van der Waals surface area contributed by atoms with E-state index in [-0.39, 0.29) is 12.1 Å². The Bertz CT molecular complexity index is 1360. The van der Waals surface area contributed by atoms with E-state index in [1.165, 1.54) is 0 Å². The van der Waals surface area contributed by atoms with Crippen LogP contribution in [0.3, 0.4) is 0 Å². The highest BCUT2D eigenvalue weighted by Crippen LogP contribution is 2.50. The Hall–Kier alpha value is -3.77. The van der Waals surface area contributed by atoms with Crippen molar-refractivity contribution in [2.24, 2.45) is 0 Å². The predicted octanol–water partition coefficient (Wildman–Crippen LogP) is 5.56. The third kappa shape index (κ3) is 3.26. The van der Waals surface area contributed by atoms with Gasteiger partial charge in [0.15, 0.2) is 0 Å². The molecule has 164 valence electrons. The van der Waals surface area contributed by atoms with Crippen molar-refractivity contribution < 1.29 is 4.74 Å². The second kappa shape index (κ2) is 7.67. The maximum Gasteiger partial charge on any atom is 0.226 e. The lowest BCUT2D eigenvalue weighted by Gasteiger charge is -2.39. The fourth-order valence-corrected chi connectivity index (χ4v) is 4.73. The van der Waals surface area contributed by atoms with Crippen LogP contribution < -0.4 is 15.0 Å². The van der Waals surface area contributed by atoms with Gasteiger partial charge in [-0.15, -0.1) is 0 Å². The molecule has 2 aliphatic heterocycles. The molecular weight excluding hydrogens is 434 g/mol. The van der Waals surface area contributed by atoms with E-state index in [1.54, 1.807) is 6.33 Å². The number of rotatable bonds is 3. The molecule has 0 bridgehead atoms. The van der Waals surface area contributed by atoms with E-state index in [1.807, 2.05) is 61.2 Å². The van der Waals surface area contributed by atoms with E-state index < -0.39 is 0 Å². The summed E-state index contributed by atoms with van der Waals surface area (Å²) in [5, 5.41) is 8.79. The van der Waals surface area contributed by atoms with Crippen molar-refractivity contribution in [2.45, 2.75) is 12.1 Å². The number of anilines is 2. The summed E-state index contributed by atoms with van der Waals surface area (Å²) in [6.45, 7) is 0. The Morgan fingerprint density at radius 1 is 0.939 bits per heavy atom. The van der Waals surface area contributed by atoms with Gasteiger partial charge in [0.25, 0.3) is 0 Å². The molecule has 3 aromatic carbocycles. The first-order valence-electron chi connectivity index (χ1n) is 10.8. The Morgan fingerprint density at radius 3 is 2.42 bits per heavy atom. The van der Waals surface area contributed by atoms with Gasteiger partial charge < -0.3 is 15.0 Å². The van der Waals surface area contributed by atoms with E-state index >= 15 is 0 Å². The quantitative estimate of drug-likeness (QED) is 0.438. The van der Waals surface area contributed by atoms with Crippen LogP contribution in [0.2, 0.25) is 5.02 Å². The van der Waals surface area contributed by atoms with Gasteiger partial charge in [0, 0.05) is 35.9 Å². The van der Waals surface area contributed by atoms with Crippen molar-refractivity contribution >= 4 is 28.9 Å². The molecule has 2 aliphatic rings. The molecule has 4 aromatic rings. The molecule has 0 unspecified atom stereocenters. The number of nitrogens with one attached hydrogen (secondary N) is 1. The smallest absolute Gasteiger partial charge is 0.226 e. The molecule has 1 N–H and O–H groups in total. The summed E-state index contributed by atoms with van der Waals surface area (Å²) < 4.78 is 8.57. The van der Waals surface area contributed by atoms with Crippen molar-refractivity contribution in [1.82, 2.24) is 14.8 Å². The van der Waals surface area contributed by atoms with Crippen LogP contribution >= 0.6 is 11.6 Å². The van der Waals surface area contributed by atoms with Gasteiger partial charge in [0.2, 0.25) is 5.95 Å². The molecule has 0 aliphatic carbocycles. The Morgan fingerprint density at radius 2 is 1.67 bits per heavy atom. The molecule has 0 spiro atoms. The molecule has 0 fully saturated rings. The topological polar surface area (TPSA) is 55.2 Å². The molecular formula is C26H22ClN5O. The van der Waals surface area contributed by atoms with Crippen LogP contribution in [0.5, 0.6) is 5.75 Å². The first-order valence-corrected chi connectivity index (χ1v) is 11.2. The van der Waals surface area contributed by atoms with Crippen molar-refractivity contribution in [3.05, 3.63) is 106 Å². The number of para-hydroxylation sites is 1. The molecule has 3 heterocycles. The van der Waals surface area contributed by atoms with Crippen molar-refractivity contribution in [1.29, 1.82) is 0 Å². The Kier molecular flexibility index (Phi) is 4.62. The van der Waals surface area contributed by atoms with Crippen molar-refractivity contribution in [2.75, 3.05) is 24.3 Å². The minimum Gasteiger partial charge on any atom is -0.480 e. The number of nitrogens with zero attached hydrogens (tertiary/aromatic N) is 4. The first-order chi connectivity index (χ1) is 16.1. The van der Waals surface area contributed by atoms with Crippen LogP contribution in [-0.4, -0.2) is 28.9 Å². The van der Waals surface area contributed by atoms with E-state index in [2.05, 4.69) is 50.6 Å². The number of fused-ring (bicyclic) bond motifs is 3. The minimum atomic E-state index is -0.295. The summed E-state index contributed by atoms with van der Waals surface area (Å²) in [6.07, 6.45) is 1.29. The second-order valence-corrected chi connectivity index (χ2v) is 8.85. The number of hydrogen-bond donors (Lipinski definition) is 1. The SMILES string of the molecule is CN(C)c1ccc([C@H]2Oc3ccccc3C3=C2[C@@H](c2ccc(Cl)cc2)n2ncnc2N3)cc1. The van der Waals surface area contributed by atoms with E-state index in [0.29, 0.717) is 11.0 Å². The monoisotopic (exact) mass is 455 g/mol. The third-order valence-corrected chi connectivity index (χ3v) is 6.47. The number of halogens is 1. The van der Waals surface area contributed by atoms with Gasteiger partial charge in [-0.05, 0) is 47.5 Å². The Balaban J connectivity index is 1.58. The zero-order valence-corrected chi connectivity index (χ0v) is 19.0. The van der Waals surface area contributed by atoms with Crippen molar-refractivity contribution in [3.63, 3.8) is 0 Å². The van der Waals surface area contributed by atoms with Gasteiger partial charge in [-0.25, -0.2) is 4.68 Å². The normalized spacial score (nSPS) is 18.5. The van der Waals surface area contributed by atoms with Crippen LogP contribution in [0.15, 0.2) is 84.7 Å². The summed E-state index contributed by atoms with van der Waals surface area (Å²) in [5.74, 6) is 1.54. The van der Waals surface area contributed by atoms with Gasteiger partial charge in [-0.3, -0.25) is 0 Å². The lowest BCUT2D eigenvalue weighted by Crippen LogP contribution is -2.32. The van der Waals surface area contributed by atoms with E-state index in [4.69, 9.17) is 16.3 Å². The number of benzene rings is 3. The average Bonchev–Trinajstić information content (AvgIpc) is 3.31. The molecule has 2 atom stereocenters. The molecule has 1 aromatic heterocycles. The highest BCUT2D eigenvalue weighted by Gasteiger charge is 2.40. The largest absolute Gasteiger partial charge is 0.480 e. The molecule has 7 heteroatoms. The lowest BCUT2D eigenvalue weighted by molar-refractivity contribution is 0.223. The van der Waals surface area contributed by atoms with Gasteiger partial charge >= 0.3 is 0 Å². The zero-order chi connectivity index (χ0) is 22.5. The molecule has 0 saturated carbocycles. The molecule has 0 amide bonds.